The van der Waals surface area contributed by atoms with E-state index in [9.17, 15) is 14.3 Å². The minimum Gasteiger partial charge on any atom is -0.480 e. The number of likely N-dealkylation sites (tertiary alicyclic amines) is 1. The fraction of sp³-hybridized carbons (Fsp3) is 0.600. The molecule has 2 fully saturated rings. The summed E-state index contributed by atoms with van der Waals surface area (Å²) in [5, 5.41) is 10.1. The van der Waals surface area contributed by atoms with E-state index >= 15 is 0 Å². The molecule has 3 aliphatic rings. The van der Waals surface area contributed by atoms with Gasteiger partial charge in [0.15, 0.2) is 0 Å². The molecule has 0 unspecified atom stereocenters. The Morgan fingerprint density at radius 1 is 1.22 bits per heavy atom. The molecule has 0 radical (unpaired) electrons. The van der Waals surface area contributed by atoms with Crippen LogP contribution >= 0.6 is 0 Å². The highest BCUT2D eigenvalue weighted by atomic mass is 19.1. The summed E-state index contributed by atoms with van der Waals surface area (Å²) in [6.07, 6.45) is 10.5. The van der Waals surface area contributed by atoms with Crippen LogP contribution in [-0.4, -0.2) is 52.4 Å². The third-order valence-electron chi connectivity index (χ3n) is 8.12. The number of ether oxygens (including phenoxy) is 2. The van der Waals surface area contributed by atoms with E-state index in [4.69, 9.17) is 14.5 Å². The number of aryl methyl sites for hydroxylation is 3. The molecular formula is C30H39FN2O4. The van der Waals surface area contributed by atoms with E-state index in [2.05, 4.69) is 19.1 Å². The highest BCUT2D eigenvalue weighted by molar-refractivity contribution is 5.76. The van der Waals surface area contributed by atoms with Crippen molar-refractivity contribution in [1.29, 1.82) is 0 Å². The number of carbonyl (C=O) groups is 1. The first-order valence-corrected chi connectivity index (χ1v) is 13.9. The fourth-order valence-corrected chi connectivity index (χ4v) is 5.56. The van der Waals surface area contributed by atoms with Crippen LogP contribution in [0.15, 0.2) is 30.3 Å². The summed E-state index contributed by atoms with van der Waals surface area (Å²) in [6, 6.07) is 7.91. The van der Waals surface area contributed by atoms with Crippen molar-refractivity contribution in [3.8, 4) is 0 Å². The molecule has 1 aromatic carbocycles. The summed E-state index contributed by atoms with van der Waals surface area (Å²) in [5.74, 6) is -1.40. The lowest BCUT2D eigenvalue weighted by Crippen LogP contribution is -2.34. The molecule has 1 N–H and O–H groups in total. The number of halogens is 1. The first kappa shape index (κ1) is 26.3. The number of unbranched alkanes of at least 4 members (excludes halogenated alkanes) is 1. The number of hydrogen-bond donors (Lipinski definition) is 1. The number of rotatable bonds is 12. The van der Waals surface area contributed by atoms with Crippen molar-refractivity contribution in [2.45, 2.75) is 95.5 Å². The Hall–Kier alpha value is -2.35. The van der Waals surface area contributed by atoms with Crippen molar-refractivity contribution in [2.24, 2.45) is 0 Å². The fourth-order valence-electron chi connectivity index (χ4n) is 5.56. The van der Waals surface area contributed by atoms with Gasteiger partial charge in [0.1, 0.15) is 11.9 Å². The SMILES string of the molecule is CC1(OCc2ccc(F)cc2[C@@H](C(=O)O)N2CC[C@@H](OCCCCc3ccc4c(n3)CCCC4)C2)CC1. The molecule has 1 aromatic heterocycles. The van der Waals surface area contributed by atoms with Gasteiger partial charge >= 0.3 is 5.97 Å². The molecule has 37 heavy (non-hydrogen) atoms. The molecule has 1 aliphatic heterocycles. The van der Waals surface area contributed by atoms with E-state index in [0.717, 1.165) is 56.9 Å². The molecule has 0 bridgehead atoms. The van der Waals surface area contributed by atoms with E-state index in [1.165, 1.54) is 41.9 Å². The molecule has 2 aromatic rings. The summed E-state index contributed by atoms with van der Waals surface area (Å²) >= 11 is 0. The number of nitrogens with zero attached hydrogens (tertiary/aromatic N) is 2. The van der Waals surface area contributed by atoms with Crippen molar-refractivity contribution in [1.82, 2.24) is 9.88 Å². The van der Waals surface area contributed by atoms with Gasteiger partial charge in [-0.1, -0.05) is 12.1 Å². The minimum absolute atomic E-state index is 0.0117. The van der Waals surface area contributed by atoms with Crippen LogP contribution in [0.2, 0.25) is 0 Å². The molecule has 2 atom stereocenters. The average molecular weight is 511 g/mol. The number of carboxylic acid groups (broad SMARTS) is 1. The first-order chi connectivity index (χ1) is 17.9. The Labute approximate surface area is 219 Å². The minimum atomic E-state index is -0.970. The zero-order valence-corrected chi connectivity index (χ0v) is 21.9. The lowest BCUT2D eigenvalue weighted by Gasteiger charge is -2.27. The summed E-state index contributed by atoms with van der Waals surface area (Å²) in [6.45, 7) is 4.13. The lowest BCUT2D eigenvalue weighted by molar-refractivity contribution is -0.143. The van der Waals surface area contributed by atoms with E-state index < -0.39 is 17.8 Å². The van der Waals surface area contributed by atoms with Gasteiger partial charge in [-0.2, -0.15) is 0 Å². The topological polar surface area (TPSA) is 71.9 Å². The first-order valence-electron chi connectivity index (χ1n) is 13.9. The monoisotopic (exact) mass is 510 g/mol. The molecular weight excluding hydrogens is 471 g/mol. The molecule has 1 saturated carbocycles. The Morgan fingerprint density at radius 2 is 2.05 bits per heavy atom. The maximum absolute atomic E-state index is 14.2. The number of aromatic nitrogens is 1. The predicted octanol–water partition coefficient (Wildman–Crippen LogP) is 5.41. The highest BCUT2D eigenvalue weighted by Gasteiger charge is 2.39. The molecule has 2 aliphatic carbocycles. The molecule has 0 amide bonds. The Morgan fingerprint density at radius 3 is 2.86 bits per heavy atom. The molecule has 1 saturated heterocycles. The molecule has 2 heterocycles. The molecule has 7 heteroatoms. The van der Waals surface area contributed by atoms with Crippen LogP contribution < -0.4 is 0 Å². The van der Waals surface area contributed by atoms with Crippen molar-refractivity contribution in [3.05, 3.63) is 64.2 Å². The van der Waals surface area contributed by atoms with Crippen LogP contribution in [0.25, 0.3) is 0 Å². The third-order valence-corrected chi connectivity index (χ3v) is 8.12. The van der Waals surface area contributed by atoms with Crippen LogP contribution in [0.3, 0.4) is 0 Å². The van der Waals surface area contributed by atoms with Gasteiger partial charge in [0.05, 0.1) is 18.3 Å². The summed E-state index contributed by atoms with van der Waals surface area (Å²) in [4.78, 5) is 19.1. The van der Waals surface area contributed by atoms with Gasteiger partial charge in [-0.3, -0.25) is 14.7 Å². The van der Waals surface area contributed by atoms with Gasteiger partial charge in [-0.25, -0.2) is 4.39 Å². The molecule has 6 nitrogen and oxygen atoms in total. The Kier molecular flexibility index (Phi) is 8.22. The standard InChI is InChI=1S/C30H39FN2O4/c1-30(14-15-30)37-20-22-9-11-23(31)18-26(22)28(29(34)35)33-16-13-25(19-33)36-17-5-4-7-24-12-10-21-6-2-3-8-27(21)32-24/h9-12,18,25,28H,2-8,13-17,19-20H2,1H3,(H,34,35)/t25-,28+/m1/s1. The van der Waals surface area contributed by atoms with Crippen LogP contribution in [0.4, 0.5) is 4.39 Å². The number of benzene rings is 1. The Bertz CT molecular complexity index is 1100. The number of aliphatic carboxylic acids is 1. The van der Waals surface area contributed by atoms with Crippen LogP contribution in [-0.2, 0) is 40.1 Å². The lowest BCUT2D eigenvalue weighted by atomic mass is 9.95. The zero-order chi connectivity index (χ0) is 25.8. The quantitative estimate of drug-likeness (QED) is 0.385. The van der Waals surface area contributed by atoms with Gasteiger partial charge in [-0.05, 0) is 106 Å². The second-order valence-electron chi connectivity index (χ2n) is 11.2. The molecule has 200 valence electrons. The number of carboxylic acids is 1. The van der Waals surface area contributed by atoms with Crippen LogP contribution in [0.5, 0.6) is 0 Å². The van der Waals surface area contributed by atoms with Gasteiger partial charge in [0, 0.05) is 31.1 Å². The van der Waals surface area contributed by atoms with Gasteiger partial charge < -0.3 is 14.6 Å². The Balaban J connectivity index is 1.11. The number of fused-ring (bicyclic) bond motifs is 1. The van der Waals surface area contributed by atoms with Gasteiger partial charge in [0.2, 0.25) is 0 Å². The van der Waals surface area contributed by atoms with E-state index in [1.807, 2.05) is 4.90 Å². The van der Waals surface area contributed by atoms with Crippen LogP contribution in [0, 0.1) is 5.82 Å². The van der Waals surface area contributed by atoms with Crippen molar-refractivity contribution < 1.29 is 23.8 Å². The average Bonchev–Trinajstić information content (AvgIpc) is 3.45. The molecule has 0 spiro atoms. The van der Waals surface area contributed by atoms with E-state index in [-0.39, 0.29) is 11.7 Å². The largest absolute Gasteiger partial charge is 0.480 e. The third kappa shape index (κ3) is 6.75. The van der Waals surface area contributed by atoms with E-state index in [1.54, 1.807) is 6.07 Å². The van der Waals surface area contributed by atoms with E-state index in [0.29, 0.717) is 31.9 Å². The van der Waals surface area contributed by atoms with Gasteiger partial charge in [-0.15, -0.1) is 0 Å². The maximum atomic E-state index is 14.2. The second-order valence-corrected chi connectivity index (χ2v) is 11.2. The number of pyridine rings is 1. The van der Waals surface area contributed by atoms with Gasteiger partial charge in [0.25, 0.3) is 0 Å². The van der Waals surface area contributed by atoms with Crippen molar-refractivity contribution in [2.75, 3.05) is 19.7 Å². The zero-order valence-electron chi connectivity index (χ0n) is 21.9. The highest BCUT2D eigenvalue weighted by Crippen LogP contribution is 2.40. The normalized spacial score (nSPS) is 21.5. The maximum Gasteiger partial charge on any atom is 0.325 e. The summed E-state index contributed by atoms with van der Waals surface area (Å²) in [5.41, 5.74) is 4.96. The van der Waals surface area contributed by atoms with Crippen molar-refractivity contribution >= 4 is 5.97 Å². The molecule has 5 rings (SSSR count). The smallest absolute Gasteiger partial charge is 0.325 e. The van der Waals surface area contributed by atoms with Crippen LogP contribution in [0.1, 0.15) is 86.0 Å². The predicted molar refractivity (Wildman–Crippen MR) is 139 cm³/mol. The van der Waals surface area contributed by atoms with Crippen molar-refractivity contribution in [3.63, 3.8) is 0 Å². The number of hydrogen-bond acceptors (Lipinski definition) is 5. The summed E-state index contributed by atoms with van der Waals surface area (Å²) < 4.78 is 26.3. The second kappa shape index (κ2) is 11.6. The summed E-state index contributed by atoms with van der Waals surface area (Å²) in [7, 11) is 0.